The van der Waals surface area contributed by atoms with Crippen LogP contribution in [0.5, 0.6) is 0 Å². The molecule has 1 aromatic carbocycles. The zero-order valence-corrected chi connectivity index (χ0v) is 29.4. The lowest BCUT2D eigenvalue weighted by Gasteiger charge is -2.43. The summed E-state index contributed by atoms with van der Waals surface area (Å²) in [6.07, 6.45) is 2.98. The van der Waals surface area contributed by atoms with Crippen LogP contribution in [-0.2, 0) is 9.16 Å². The molecule has 1 amide bonds. The summed E-state index contributed by atoms with van der Waals surface area (Å²) in [6, 6.07) is 7.51. The van der Waals surface area contributed by atoms with Gasteiger partial charge in [-0.1, -0.05) is 56.1 Å². The molecule has 0 radical (unpaired) electrons. The number of ether oxygens (including phenoxy) is 1. The molecule has 0 unspecified atom stereocenters. The number of halogens is 2. The van der Waals surface area contributed by atoms with Gasteiger partial charge in [-0.05, 0) is 83.0 Å². The summed E-state index contributed by atoms with van der Waals surface area (Å²) in [5.74, 6) is 0.523. The Bertz CT molecular complexity index is 1410. The molecule has 1 N–H and O–H groups in total. The lowest BCUT2D eigenvalue weighted by molar-refractivity contribution is 0.0441. The van der Waals surface area contributed by atoms with E-state index in [4.69, 9.17) is 37.3 Å². The number of carbonyl (C=O) groups excluding carboxylic acids is 1. The molecule has 43 heavy (non-hydrogen) atoms. The van der Waals surface area contributed by atoms with Gasteiger partial charge in [0.15, 0.2) is 14.0 Å². The smallest absolute Gasteiger partial charge is 0.407 e. The summed E-state index contributed by atoms with van der Waals surface area (Å²) < 4.78 is 12.5. The highest BCUT2D eigenvalue weighted by Crippen LogP contribution is 2.50. The molecule has 11 heteroatoms. The third-order valence-corrected chi connectivity index (χ3v) is 14.6. The molecule has 1 spiro atoms. The molecule has 2 fully saturated rings. The molecule has 2 atom stereocenters. The van der Waals surface area contributed by atoms with Crippen LogP contribution < -0.4 is 10.2 Å². The van der Waals surface area contributed by atoms with Crippen LogP contribution in [0, 0.1) is 23.7 Å². The number of alkyl carbamates (subject to hydrolysis) is 1. The van der Waals surface area contributed by atoms with Crippen molar-refractivity contribution < 1.29 is 14.0 Å². The molecular weight excluding hydrogens is 601 g/mol. The van der Waals surface area contributed by atoms with E-state index in [1.165, 1.54) is 0 Å². The SMILES string of the molecule is Cc1nc(N2CCC3(CC2)C[C@@H](O[Si](C)(C)C(C)(C)C)C[C@H]3NC(=O)OC(C)(C)C)nc(C#N)c1-c1cccc(Cl)c1Cl. The number of benzene rings is 1. The van der Waals surface area contributed by atoms with Gasteiger partial charge in [0.2, 0.25) is 5.95 Å². The Hall–Kier alpha value is -2.38. The van der Waals surface area contributed by atoms with Gasteiger partial charge in [0.25, 0.3) is 0 Å². The highest BCUT2D eigenvalue weighted by atomic mass is 35.5. The van der Waals surface area contributed by atoms with Gasteiger partial charge in [-0.3, -0.25) is 0 Å². The van der Waals surface area contributed by atoms with Crippen molar-refractivity contribution in [3.05, 3.63) is 39.6 Å². The molecule has 8 nitrogen and oxygen atoms in total. The van der Waals surface area contributed by atoms with Crippen LogP contribution >= 0.6 is 23.2 Å². The Balaban J connectivity index is 1.58. The highest BCUT2D eigenvalue weighted by Gasteiger charge is 2.52. The quantitative estimate of drug-likeness (QED) is 0.326. The molecule has 2 aromatic rings. The van der Waals surface area contributed by atoms with Gasteiger partial charge in [0.1, 0.15) is 11.7 Å². The van der Waals surface area contributed by atoms with Gasteiger partial charge in [-0.2, -0.15) is 5.26 Å². The van der Waals surface area contributed by atoms with Gasteiger partial charge in [0, 0.05) is 36.4 Å². The molecular formula is C32H45Cl2N5O3Si. The Morgan fingerprint density at radius 3 is 2.37 bits per heavy atom. The van der Waals surface area contributed by atoms with E-state index in [2.05, 4.69) is 55.1 Å². The first kappa shape index (κ1) is 33.5. The lowest BCUT2D eigenvalue weighted by Crippen LogP contribution is -2.51. The zero-order chi connectivity index (χ0) is 32.0. The third kappa shape index (κ3) is 7.30. The number of nitrogens with zero attached hydrogens (tertiary/aromatic N) is 4. The highest BCUT2D eigenvalue weighted by molar-refractivity contribution is 6.74. The predicted molar refractivity (Wildman–Crippen MR) is 175 cm³/mol. The van der Waals surface area contributed by atoms with Crippen LogP contribution in [0.2, 0.25) is 28.2 Å². The van der Waals surface area contributed by atoms with Crippen molar-refractivity contribution in [1.29, 1.82) is 5.26 Å². The maximum absolute atomic E-state index is 12.9. The second-order valence-corrected chi connectivity index (χ2v) is 20.1. The first-order valence-electron chi connectivity index (χ1n) is 15.0. The van der Waals surface area contributed by atoms with Crippen molar-refractivity contribution in [2.45, 2.75) is 110 Å². The largest absolute Gasteiger partial charge is 0.444 e. The number of nitrogens with one attached hydrogen (secondary N) is 1. The number of rotatable bonds is 5. The summed E-state index contributed by atoms with van der Waals surface area (Å²) >= 11 is 12.8. The molecule has 1 aliphatic carbocycles. The summed E-state index contributed by atoms with van der Waals surface area (Å²) in [6.45, 7) is 20.2. The fraction of sp³-hybridized carbons (Fsp3) is 0.625. The molecule has 234 valence electrons. The van der Waals surface area contributed by atoms with Crippen molar-refractivity contribution in [2.24, 2.45) is 5.41 Å². The van der Waals surface area contributed by atoms with Crippen molar-refractivity contribution in [3.8, 4) is 17.2 Å². The van der Waals surface area contributed by atoms with Crippen molar-refractivity contribution >= 4 is 43.6 Å². The minimum Gasteiger partial charge on any atom is -0.444 e. The van der Waals surface area contributed by atoms with Crippen LogP contribution in [-0.4, -0.2) is 55.2 Å². The average Bonchev–Trinajstić information content (AvgIpc) is 3.18. The molecule has 1 saturated carbocycles. The third-order valence-electron chi connectivity index (χ3n) is 9.28. The van der Waals surface area contributed by atoms with E-state index in [9.17, 15) is 10.1 Å². The van der Waals surface area contributed by atoms with Gasteiger partial charge in [0.05, 0.1) is 15.7 Å². The Morgan fingerprint density at radius 2 is 1.79 bits per heavy atom. The van der Waals surface area contributed by atoms with Crippen LogP contribution in [0.15, 0.2) is 18.2 Å². The van der Waals surface area contributed by atoms with Crippen LogP contribution in [0.1, 0.15) is 78.6 Å². The summed E-state index contributed by atoms with van der Waals surface area (Å²) in [5, 5.41) is 14.1. The summed E-state index contributed by atoms with van der Waals surface area (Å²) in [7, 11) is -2.00. The van der Waals surface area contributed by atoms with Crippen molar-refractivity contribution in [3.63, 3.8) is 0 Å². The fourth-order valence-corrected chi connectivity index (χ4v) is 7.80. The summed E-state index contributed by atoms with van der Waals surface area (Å²) in [4.78, 5) is 24.6. The number of anilines is 1. The van der Waals surface area contributed by atoms with Crippen LogP contribution in [0.4, 0.5) is 10.7 Å². The Morgan fingerprint density at radius 1 is 1.14 bits per heavy atom. The fourth-order valence-electron chi connectivity index (χ4n) is 6.04. The molecule has 0 bridgehead atoms. The first-order valence-corrected chi connectivity index (χ1v) is 18.7. The monoisotopic (exact) mass is 645 g/mol. The molecule has 4 rings (SSSR count). The van der Waals surface area contributed by atoms with Crippen LogP contribution in [0.3, 0.4) is 0 Å². The van der Waals surface area contributed by atoms with Crippen LogP contribution in [0.25, 0.3) is 11.1 Å². The van der Waals surface area contributed by atoms with E-state index >= 15 is 0 Å². The number of aromatic nitrogens is 2. The van der Waals surface area contributed by atoms with E-state index in [1.807, 2.05) is 33.8 Å². The maximum atomic E-state index is 12.9. The Labute approximate surface area is 267 Å². The van der Waals surface area contributed by atoms with E-state index in [0.29, 0.717) is 45.9 Å². The Kier molecular flexibility index (Phi) is 9.50. The van der Waals surface area contributed by atoms with Gasteiger partial charge in [-0.15, -0.1) is 0 Å². The van der Waals surface area contributed by atoms with Gasteiger partial charge < -0.3 is 19.4 Å². The minimum absolute atomic E-state index is 0.0658. The van der Waals surface area contributed by atoms with Crippen molar-refractivity contribution in [1.82, 2.24) is 15.3 Å². The average molecular weight is 647 g/mol. The molecule has 1 aromatic heterocycles. The van der Waals surface area contributed by atoms with E-state index in [0.717, 1.165) is 25.7 Å². The lowest BCUT2D eigenvalue weighted by atomic mass is 9.74. The number of carbonyl (C=O) groups is 1. The topological polar surface area (TPSA) is 100 Å². The normalized spacial score (nSPS) is 20.7. The zero-order valence-electron chi connectivity index (χ0n) is 26.9. The number of piperidine rings is 1. The maximum Gasteiger partial charge on any atom is 0.407 e. The second kappa shape index (κ2) is 12.2. The first-order chi connectivity index (χ1) is 19.9. The molecule has 2 heterocycles. The summed E-state index contributed by atoms with van der Waals surface area (Å²) in [5.41, 5.74) is 1.45. The second-order valence-electron chi connectivity index (χ2n) is 14.5. The van der Waals surface area contributed by atoms with Crippen molar-refractivity contribution in [2.75, 3.05) is 18.0 Å². The number of aryl methyl sites for hydroxylation is 1. The number of amides is 1. The predicted octanol–water partition coefficient (Wildman–Crippen LogP) is 8.29. The number of hydrogen-bond donors (Lipinski definition) is 1. The van der Waals surface area contributed by atoms with E-state index in [-0.39, 0.29) is 34.4 Å². The molecule has 2 aliphatic rings. The van der Waals surface area contributed by atoms with E-state index < -0.39 is 13.9 Å². The minimum atomic E-state index is -2.00. The number of hydrogen-bond acceptors (Lipinski definition) is 7. The van der Waals surface area contributed by atoms with Gasteiger partial charge >= 0.3 is 6.09 Å². The van der Waals surface area contributed by atoms with E-state index in [1.54, 1.807) is 12.1 Å². The molecule has 1 saturated heterocycles. The number of nitriles is 1. The standard InChI is InChI=1S/C32H45Cl2N5O3Si/c1-20-26(22-11-10-12-23(33)27(22)34)24(19-35)37-28(36-20)39-15-13-32(14-16-39)18-21(42-43(8,9)31(5,6)7)17-25(32)38-29(40)41-30(2,3)4/h10-12,21,25H,13-18H2,1-9H3,(H,38,40)/t21-,25+/m0/s1. The molecule has 1 aliphatic heterocycles. The van der Waals surface area contributed by atoms with Gasteiger partial charge in [-0.25, -0.2) is 14.8 Å².